The number of aromatic nitrogens is 1. The van der Waals surface area contributed by atoms with Crippen LogP contribution in [0.25, 0.3) is 0 Å². The zero-order valence-electron chi connectivity index (χ0n) is 17.5. The second-order valence-corrected chi connectivity index (χ2v) is 9.00. The summed E-state index contributed by atoms with van der Waals surface area (Å²) in [4.78, 5) is 30.4. The predicted octanol–water partition coefficient (Wildman–Crippen LogP) is 3.66. The number of aliphatic hydroxyl groups excluding tert-OH is 1. The van der Waals surface area contributed by atoms with Gasteiger partial charge in [-0.05, 0) is 48.6 Å². The van der Waals surface area contributed by atoms with Gasteiger partial charge in [0.25, 0.3) is 5.91 Å². The molecule has 1 aliphatic carbocycles. The molecule has 34 heavy (non-hydrogen) atoms. The second kappa shape index (κ2) is 8.46. The molecule has 2 fully saturated rings. The van der Waals surface area contributed by atoms with Crippen LogP contribution in [0.15, 0.2) is 30.5 Å². The number of aliphatic hydroxyl groups is 1. The van der Waals surface area contributed by atoms with Crippen molar-refractivity contribution in [2.45, 2.75) is 43.0 Å². The van der Waals surface area contributed by atoms with Crippen LogP contribution < -0.4 is 5.73 Å². The van der Waals surface area contributed by atoms with Crippen molar-refractivity contribution in [3.05, 3.63) is 63.9 Å². The molecule has 3 atom stereocenters. The van der Waals surface area contributed by atoms with Crippen molar-refractivity contribution in [2.75, 3.05) is 6.54 Å². The summed E-state index contributed by atoms with van der Waals surface area (Å²) in [5, 5.41) is 9.96. The smallest absolute Gasteiger partial charge is 0.391 e. The van der Waals surface area contributed by atoms with E-state index in [1.165, 1.54) is 0 Å². The van der Waals surface area contributed by atoms with Crippen LogP contribution >= 0.6 is 11.6 Å². The Morgan fingerprint density at radius 1 is 1.21 bits per heavy atom. The topological polar surface area (TPSA) is 96.5 Å². The van der Waals surface area contributed by atoms with Crippen LogP contribution in [-0.4, -0.2) is 45.0 Å². The standard InChI is InChI=1S/C22H19ClF5N3O3/c23-14-7-15(24)13(6-16(14)25)18(10-1-2-10)21(20(29)34)8-12(32)9-31(21)19(33)11-3-4-30-17(5-11)22(26,27)28/h3-7,10,12,18,32H,1-2,8-9H2,(H2,29,34)/t12?,18-,21+/m1/s1. The highest BCUT2D eigenvalue weighted by atomic mass is 35.5. The number of primary amides is 1. The van der Waals surface area contributed by atoms with Gasteiger partial charge in [0, 0.05) is 30.6 Å². The minimum absolute atomic E-state index is 0.249. The summed E-state index contributed by atoms with van der Waals surface area (Å²) in [5.74, 6) is -5.53. The number of likely N-dealkylation sites (tertiary alicyclic amines) is 1. The van der Waals surface area contributed by atoms with Gasteiger partial charge >= 0.3 is 6.18 Å². The van der Waals surface area contributed by atoms with Crippen molar-refractivity contribution < 1.29 is 36.6 Å². The number of halogens is 6. The van der Waals surface area contributed by atoms with Crippen molar-refractivity contribution in [1.82, 2.24) is 9.88 Å². The average molecular weight is 504 g/mol. The number of hydrogen-bond donors (Lipinski definition) is 2. The summed E-state index contributed by atoms with van der Waals surface area (Å²) >= 11 is 5.67. The summed E-state index contributed by atoms with van der Waals surface area (Å²) in [7, 11) is 0. The number of hydrogen-bond acceptors (Lipinski definition) is 4. The van der Waals surface area contributed by atoms with E-state index in [2.05, 4.69) is 4.98 Å². The van der Waals surface area contributed by atoms with Crippen LogP contribution in [0.1, 0.15) is 46.8 Å². The van der Waals surface area contributed by atoms with Gasteiger partial charge in [-0.1, -0.05) is 11.6 Å². The van der Waals surface area contributed by atoms with Crippen LogP contribution in [0.4, 0.5) is 22.0 Å². The summed E-state index contributed by atoms with van der Waals surface area (Å²) < 4.78 is 68.7. The van der Waals surface area contributed by atoms with E-state index in [1.54, 1.807) is 0 Å². The Kier molecular flexibility index (Phi) is 6.05. The molecule has 2 aromatic rings. The number of nitrogens with two attached hydrogens (primary N) is 1. The van der Waals surface area contributed by atoms with E-state index < -0.39 is 76.4 Å². The lowest BCUT2D eigenvalue weighted by atomic mass is 9.73. The highest BCUT2D eigenvalue weighted by molar-refractivity contribution is 6.30. The number of nitrogens with zero attached hydrogens (tertiary/aromatic N) is 2. The Bertz CT molecular complexity index is 1160. The molecule has 6 nitrogen and oxygen atoms in total. The van der Waals surface area contributed by atoms with E-state index in [4.69, 9.17) is 17.3 Å². The van der Waals surface area contributed by atoms with Gasteiger partial charge in [-0.2, -0.15) is 13.2 Å². The number of benzene rings is 1. The third-order valence-electron chi connectivity index (χ3n) is 6.37. The second-order valence-electron chi connectivity index (χ2n) is 8.59. The molecule has 0 spiro atoms. The lowest BCUT2D eigenvalue weighted by molar-refractivity contribution is -0.141. The van der Waals surface area contributed by atoms with E-state index in [0.717, 1.165) is 29.3 Å². The van der Waals surface area contributed by atoms with Crippen LogP contribution in [0.3, 0.4) is 0 Å². The van der Waals surface area contributed by atoms with Crippen LogP contribution in [0.5, 0.6) is 0 Å². The summed E-state index contributed by atoms with van der Waals surface area (Å²) in [6.45, 7) is -0.438. The first-order chi connectivity index (χ1) is 15.9. The van der Waals surface area contributed by atoms with Crippen molar-refractivity contribution >= 4 is 23.4 Å². The maximum Gasteiger partial charge on any atom is 0.433 e. The van der Waals surface area contributed by atoms with Gasteiger partial charge in [0.2, 0.25) is 5.91 Å². The normalized spacial score (nSPS) is 23.7. The van der Waals surface area contributed by atoms with Crippen molar-refractivity contribution in [2.24, 2.45) is 11.7 Å². The van der Waals surface area contributed by atoms with Crippen molar-refractivity contribution in [3.8, 4) is 0 Å². The number of pyridine rings is 1. The first kappa shape index (κ1) is 24.3. The Balaban J connectivity index is 1.86. The Hall–Kier alpha value is -2.79. The quantitative estimate of drug-likeness (QED) is 0.481. The van der Waals surface area contributed by atoms with Crippen molar-refractivity contribution in [1.29, 1.82) is 0 Å². The van der Waals surface area contributed by atoms with E-state index >= 15 is 0 Å². The molecule has 2 amide bonds. The lowest BCUT2D eigenvalue weighted by Gasteiger charge is -2.42. The number of alkyl halides is 3. The fourth-order valence-corrected chi connectivity index (χ4v) is 4.99. The molecule has 4 rings (SSSR count). The SMILES string of the molecule is NC(=O)[C@@]1([C@@H](c2cc(F)c(Cl)cc2F)C2CC2)CC(O)CN1C(=O)c1ccnc(C(F)(F)F)c1. The van der Waals surface area contributed by atoms with Crippen LogP contribution in [0.2, 0.25) is 5.02 Å². The lowest BCUT2D eigenvalue weighted by Crippen LogP contribution is -2.60. The Morgan fingerprint density at radius 3 is 2.47 bits per heavy atom. The highest BCUT2D eigenvalue weighted by Crippen LogP contribution is 2.54. The largest absolute Gasteiger partial charge is 0.433 e. The van der Waals surface area contributed by atoms with Gasteiger partial charge in [0.1, 0.15) is 22.9 Å². The van der Waals surface area contributed by atoms with Gasteiger partial charge in [0.05, 0.1) is 11.1 Å². The number of rotatable bonds is 5. The highest BCUT2D eigenvalue weighted by Gasteiger charge is 2.61. The van der Waals surface area contributed by atoms with Crippen molar-refractivity contribution in [3.63, 3.8) is 0 Å². The fourth-order valence-electron chi connectivity index (χ4n) is 4.83. The number of carbonyl (C=O) groups is 2. The molecule has 1 saturated heterocycles. The zero-order chi connectivity index (χ0) is 25.0. The van der Waals surface area contributed by atoms with E-state index in [9.17, 15) is 36.6 Å². The molecule has 0 radical (unpaired) electrons. The summed E-state index contributed by atoms with van der Waals surface area (Å²) in [6, 6.07) is 3.12. The number of amides is 2. The van der Waals surface area contributed by atoms with Crippen LogP contribution in [-0.2, 0) is 11.0 Å². The molecule has 182 valence electrons. The monoisotopic (exact) mass is 503 g/mol. The minimum atomic E-state index is -4.83. The third-order valence-corrected chi connectivity index (χ3v) is 6.66. The summed E-state index contributed by atoms with van der Waals surface area (Å²) in [5.41, 5.74) is 1.71. The predicted molar refractivity (Wildman–Crippen MR) is 110 cm³/mol. The Morgan fingerprint density at radius 2 is 1.88 bits per heavy atom. The molecule has 1 unspecified atom stereocenters. The third kappa shape index (κ3) is 4.11. The zero-order valence-corrected chi connectivity index (χ0v) is 18.2. The molecular formula is C22H19ClF5N3O3. The minimum Gasteiger partial charge on any atom is -0.391 e. The Labute approximate surface area is 195 Å². The molecule has 1 aliphatic heterocycles. The van der Waals surface area contributed by atoms with Gasteiger partial charge < -0.3 is 15.7 Å². The van der Waals surface area contributed by atoms with Gasteiger partial charge in [-0.15, -0.1) is 0 Å². The van der Waals surface area contributed by atoms with E-state index in [1.807, 2.05) is 0 Å². The number of β-amino-alcohol motifs (C(OH)–C–C–N with tert-alkyl or cyclic N) is 1. The molecule has 3 N–H and O–H groups in total. The first-order valence-electron chi connectivity index (χ1n) is 10.3. The van der Waals surface area contributed by atoms with Crippen LogP contribution in [0, 0.1) is 17.6 Å². The van der Waals surface area contributed by atoms with Gasteiger partial charge in [-0.25, -0.2) is 8.78 Å². The summed E-state index contributed by atoms with van der Waals surface area (Å²) in [6.07, 6.45) is -4.69. The number of carbonyl (C=O) groups excluding carboxylic acids is 2. The molecular weight excluding hydrogens is 485 g/mol. The molecule has 2 heterocycles. The maximum absolute atomic E-state index is 15.0. The first-order valence-corrected chi connectivity index (χ1v) is 10.7. The maximum atomic E-state index is 15.0. The van der Waals surface area contributed by atoms with E-state index in [0.29, 0.717) is 18.9 Å². The van der Waals surface area contributed by atoms with E-state index in [-0.39, 0.29) is 11.5 Å². The molecule has 1 aromatic carbocycles. The molecule has 0 bridgehead atoms. The molecule has 2 aliphatic rings. The average Bonchev–Trinajstić information content (AvgIpc) is 3.52. The van der Waals surface area contributed by atoms with Gasteiger partial charge in [-0.3, -0.25) is 14.6 Å². The fraction of sp³-hybridized carbons (Fsp3) is 0.409. The van der Waals surface area contributed by atoms with Gasteiger partial charge in [0.15, 0.2) is 0 Å². The molecule has 1 saturated carbocycles. The molecule has 1 aromatic heterocycles. The molecule has 12 heteroatoms.